The molecule has 0 radical (unpaired) electrons. The van der Waals surface area contributed by atoms with Crippen LogP contribution < -0.4 is 10.6 Å². The summed E-state index contributed by atoms with van der Waals surface area (Å²) < 4.78 is 0. The van der Waals surface area contributed by atoms with Crippen LogP contribution in [0.1, 0.15) is 44.5 Å². The summed E-state index contributed by atoms with van der Waals surface area (Å²) in [4.78, 5) is 24.5. The van der Waals surface area contributed by atoms with Crippen molar-refractivity contribution in [2.24, 2.45) is 11.8 Å². The molecule has 0 spiro atoms. The number of hydrogen-bond acceptors (Lipinski definition) is 3. The van der Waals surface area contributed by atoms with Crippen LogP contribution in [0.25, 0.3) is 0 Å². The molecule has 1 aromatic carbocycles. The van der Waals surface area contributed by atoms with Crippen molar-refractivity contribution in [3.63, 3.8) is 0 Å². The first-order valence-corrected chi connectivity index (χ1v) is 8.18. The van der Waals surface area contributed by atoms with E-state index in [1.807, 2.05) is 33.8 Å². The highest BCUT2D eigenvalue weighted by atomic mass is 16.3. The molecule has 3 unspecified atom stereocenters. The molecule has 0 aliphatic carbocycles. The van der Waals surface area contributed by atoms with Crippen molar-refractivity contribution in [2.75, 3.05) is 6.54 Å². The van der Waals surface area contributed by atoms with Crippen molar-refractivity contribution in [2.45, 2.75) is 46.3 Å². The molecule has 128 valence electrons. The first-order chi connectivity index (χ1) is 10.9. The van der Waals surface area contributed by atoms with Crippen molar-refractivity contribution < 1.29 is 14.7 Å². The molecule has 1 aromatic rings. The van der Waals surface area contributed by atoms with Crippen molar-refractivity contribution in [1.82, 2.24) is 10.6 Å². The summed E-state index contributed by atoms with van der Waals surface area (Å²) in [6.45, 7) is 7.88. The third-order valence-electron chi connectivity index (χ3n) is 4.06. The SMILES string of the molecule is CCC(C)C(O)CNC(=O)C(NC(=O)c1ccccc1)C(C)C. The number of benzene rings is 1. The Balaban J connectivity index is 2.64. The molecule has 0 saturated heterocycles. The zero-order chi connectivity index (χ0) is 17.4. The molecule has 0 aliphatic heterocycles. The van der Waals surface area contributed by atoms with Crippen LogP contribution in [0.3, 0.4) is 0 Å². The van der Waals surface area contributed by atoms with E-state index in [0.29, 0.717) is 5.56 Å². The van der Waals surface area contributed by atoms with Gasteiger partial charge in [0, 0.05) is 12.1 Å². The summed E-state index contributed by atoms with van der Waals surface area (Å²) in [6.07, 6.45) is 0.261. The largest absolute Gasteiger partial charge is 0.391 e. The van der Waals surface area contributed by atoms with Gasteiger partial charge in [0.2, 0.25) is 5.91 Å². The Bertz CT molecular complexity index is 502. The van der Waals surface area contributed by atoms with Gasteiger partial charge in [-0.05, 0) is 24.0 Å². The average Bonchev–Trinajstić information content (AvgIpc) is 2.56. The first-order valence-electron chi connectivity index (χ1n) is 8.18. The van der Waals surface area contributed by atoms with E-state index in [-0.39, 0.29) is 30.2 Å². The van der Waals surface area contributed by atoms with Gasteiger partial charge in [0.05, 0.1) is 6.10 Å². The van der Waals surface area contributed by atoms with E-state index < -0.39 is 12.1 Å². The molecule has 3 atom stereocenters. The van der Waals surface area contributed by atoms with Crippen LogP contribution in [0.4, 0.5) is 0 Å². The summed E-state index contributed by atoms with van der Waals surface area (Å²) >= 11 is 0. The Kier molecular flexibility index (Phi) is 7.75. The van der Waals surface area contributed by atoms with Crippen molar-refractivity contribution in [1.29, 1.82) is 0 Å². The summed E-state index contributed by atoms with van der Waals surface area (Å²) in [6, 6.07) is 8.17. The second-order valence-corrected chi connectivity index (χ2v) is 6.26. The fraction of sp³-hybridized carbons (Fsp3) is 0.556. The summed E-state index contributed by atoms with van der Waals surface area (Å²) in [5, 5.41) is 15.4. The maximum absolute atomic E-state index is 12.3. The van der Waals surface area contributed by atoms with Crippen LogP contribution in [0, 0.1) is 11.8 Å². The normalized spacial score (nSPS) is 14.9. The van der Waals surface area contributed by atoms with E-state index in [0.717, 1.165) is 6.42 Å². The van der Waals surface area contributed by atoms with E-state index in [1.54, 1.807) is 24.3 Å². The van der Waals surface area contributed by atoms with Gasteiger partial charge in [-0.3, -0.25) is 9.59 Å². The number of nitrogens with one attached hydrogen (secondary N) is 2. The van der Waals surface area contributed by atoms with Gasteiger partial charge in [0.25, 0.3) is 5.91 Å². The zero-order valence-corrected chi connectivity index (χ0v) is 14.4. The van der Waals surface area contributed by atoms with E-state index >= 15 is 0 Å². The van der Waals surface area contributed by atoms with E-state index in [4.69, 9.17) is 0 Å². The van der Waals surface area contributed by atoms with Gasteiger partial charge in [0.15, 0.2) is 0 Å². The standard InChI is InChI=1S/C18H28N2O3/c1-5-13(4)15(21)11-19-18(23)16(12(2)3)20-17(22)14-9-7-6-8-10-14/h6-10,12-13,15-16,21H,5,11H2,1-4H3,(H,19,23)(H,20,22). The van der Waals surface area contributed by atoms with Crippen molar-refractivity contribution >= 4 is 11.8 Å². The first kappa shape index (κ1) is 19.2. The Morgan fingerprint density at radius 2 is 1.74 bits per heavy atom. The number of rotatable bonds is 8. The molecule has 1 rings (SSSR count). The van der Waals surface area contributed by atoms with E-state index in [9.17, 15) is 14.7 Å². The van der Waals surface area contributed by atoms with Crippen molar-refractivity contribution in [3.05, 3.63) is 35.9 Å². The van der Waals surface area contributed by atoms with Gasteiger partial charge in [-0.2, -0.15) is 0 Å². The lowest BCUT2D eigenvalue weighted by Gasteiger charge is -2.24. The number of amides is 2. The number of hydrogen-bond donors (Lipinski definition) is 3. The van der Waals surface area contributed by atoms with Crippen LogP contribution >= 0.6 is 0 Å². The molecule has 2 amide bonds. The average molecular weight is 320 g/mol. The van der Waals surface area contributed by atoms with Gasteiger partial charge in [-0.15, -0.1) is 0 Å². The predicted octanol–water partition coefficient (Wildman–Crippen LogP) is 1.96. The molecule has 0 fully saturated rings. The van der Waals surface area contributed by atoms with Crippen LogP contribution in [0.5, 0.6) is 0 Å². The van der Waals surface area contributed by atoms with Gasteiger partial charge < -0.3 is 15.7 Å². The molecule has 0 heterocycles. The molecule has 5 heteroatoms. The van der Waals surface area contributed by atoms with Crippen molar-refractivity contribution in [3.8, 4) is 0 Å². The highest BCUT2D eigenvalue weighted by Crippen LogP contribution is 2.08. The molecular formula is C18H28N2O3. The minimum Gasteiger partial charge on any atom is -0.391 e. The van der Waals surface area contributed by atoms with Crippen LogP contribution in [-0.4, -0.2) is 35.6 Å². The summed E-state index contributed by atoms with van der Waals surface area (Å²) in [5.41, 5.74) is 0.519. The molecule has 0 aliphatic rings. The molecule has 5 nitrogen and oxygen atoms in total. The lowest BCUT2D eigenvalue weighted by molar-refractivity contribution is -0.124. The molecule has 3 N–H and O–H groups in total. The number of carbonyl (C=O) groups is 2. The lowest BCUT2D eigenvalue weighted by Crippen LogP contribution is -2.51. The fourth-order valence-corrected chi connectivity index (χ4v) is 2.14. The fourth-order valence-electron chi connectivity index (χ4n) is 2.14. The lowest BCUT2D eigenvalue weighted by atomic mass is 10.0. The molecule has 0 aromatic heterocycles. The maximum atomic E-state index is 12.3. The second-order valence-electron chi connectivity index (χ2n) is 6.26. The van der Waals surface area contributed by atoms with Gasteiger partial charge in [0.1, 0.15) is 6.04 Å². The second kappa shape index (κ2) is 9.30. The van der Waals surface area contributed by atoms with Crippen LogP contribution in [0.15, 0.2) is 30.3 Å². The molecule has 23 heavy (non-hydrogen) atoms. The third kappa shape index (κ3) is 6.02. The van der Waals surface area contributed by atoms with Gasteiger partial charge in [-0.1, -0.05) is 52.3 Å². The zero-order valence-electron chi connectivity index (χ0n) is 14.4. The quantitative estimate of drug-likeness (QED) is 0.685. The number of aliphatic hydroxyl groups is 1. The molecule has 0 saturated carbocycles. The molecular weight excluding hydrogens is 292 g/mol. The Labute approximate surface area is 138 Å². The highest BCUT2D eigenvalue weighted by Gasteiger charge is 2.25. The smallest absolute Gasteiger partial charge is 0.251 e. The Morgan fingerprint density at radius 1 is 1.13 bits per heavy atom. The predicted molar refractivity (Wildman–Crippen MR) is 91.0 cm³/mol. The monoisotopic (exact) mass is 320 g/mol. The topological polar surface area (TPSA) is 78.4 Å². The Hall–Kier alpha value is -1.88. The minimum atomic E-state index is -0.633. The number of carbonyl (C=O) groups excluding carboxylic acids is 2. The summed E-state index contributed by atoms with van der Waals surface area (Å²) in [7, 11) is 0. The Morgan fingerprint density at radius 3 is 2.26 bits per heavy atom. The highest BCUT2D eigenvalue weighted by molar-refractivity contribution is 5.97. The molecule has 0 bridgehead atoms. The van der Waals surface area contributed by atoms with E-state index in [1.165, 1.54) is 0 Å². The summed E-state index contributed by atoms with van der Waals surface area (Å²) in [5.74, 6) is -0.483. The maximum Gasteiger partial charge on any atom is 0.251 e. The minimum absolute atomic E-state index is 0.0524. The van der Waals surface area contributed by atoms with Crippen LogP contribution in [-0.2, 0) is 4.79 Å². The van der Waals surface area contributed by atoms with E-state index in [2.05, 4.69) is 10.6 Å². The van der Waals surface area contributed by atoms with Gasteiger partial charge in [-0.25, -0.2) is 0 Å². The van der Waals surface area contributed by atoms with Gasteiger partial charge >= 0.3 is 0 Å². The third-order valence-corrected chi connectivity index (χ3v) is 4.06. The van der Waals surface area contributed by atoms with Crippen LogP contribution in [0.2, 0.25) is 0 Å². The number of aliphatic hydroxyl groups excluding tert-OH is 1.